The first-order valence-corrected chi connectivity index (χ1v) is 7.36. The van der Waals surface area contributed by atoms with E-state index in [-0.39, 0.29) is 11.9 Å². The number of carbonyl (C=O) groups is 1. The maximum Gasteiger partial charge on any atom is 0.237 e. The number of nitrogens with zero attached hydrogens (tertiary/aromatic N) is 4. The highest BCUT2D eigenvalue weighted by Crippen LogP contribution is 2.34. The van der Waals surface area contributed by atoms with Crippen LogP contribution in [-0.4, -0.2) is 45.7 Å². The first-order valence-electron chi connectivity index (χ1n) is 7.36. The fourth-order valence-electron chi connectivity index (χ4n) is 2.62. The highest BCUT2D eigenvalue weighted by atomic mass is 16.2. The number of aromatic nitrogens is 3. The number of rotatable bonds is 6. The summed E-state index contributed by atoms with van der Waals surface area (Å²) in [7, 11) is 5.83. The predicted octanol–water partition coefficient (Wildman–Crippen LogP) is 1.04. The van der Waals surface area contributed by atoms with E-state index in [4.69, 9.17) is 0 Å². The van der Waals surface area contributed by atoms with E-state index < -0.39 is 0 Å². The molecule has 112 valence electrons. The van der Waals surface area contributed by atoms with Crippen molar-refractivity contribution in [2.24, 2.45) is 7.05 Å². The van der Waals surface area contributed by atoms with Crippen molar-refractivity contribution in [3.05, 3.63) is 11.6 Å². The molecular formula is C14H25N5O. The Morgan fingerprint density at radius 1 is 1.45 bits per heavy atom. The van der Waals surface area contributed by atoms with Crippen LogP contribution in [-0.2, 0) is 18.4 Å². The summed E-state index contributed by atoms with van der Waals surface area (Å²) < 4.78 is 2.03. The summed E-state index contributed by atoms with van der Waals surface area (Å²) in [6.45, 7) is 2.46. The quantitative estimate of drug-likeness (QED) is 0.845. The smallest absolute Gasteiger partial charge is 0.237 e. The molecule has 1 saturated carbocycles. The Morgan fingerprint density at radius 3 is 2.65 bits per heavy atom. The van der Waals surface area contributed by atoms with E-state index in [1.807, 2.05) is 37.5 Å². The Morgan fingerprint density at radius 2 is 2.15 bits per heavy atom. The molecule has 2 rings (SSSR count). The molecule has 0 spiro atoms. The highest BCUT2D eigenvalue weighted by Gasteiger charge is 2.25. The highest BCUT2D eigenvalue weighted by molar-refractivity contribution is 5.81. The molecule has 0 aromatic carbocycles. The lowest BCUT2D eigenvalue weighted by Crippen LogP contribution is -2.43. The summed E-state index contributed by atoms with van der Waals surface area (Å²) in [6, 6.07) is -0.0886. The van der Waals surface area contributed by atoms with Crippen LogP contribution in [0, 0.1) is 0 Å². The molecule has 0 saturated heterocycles. The molecule has 1 atom stereocenters. The van der Waals surface area contributed by atoms with Gasteiger partial charge in [0.25, 0.3) is 0 Å². The lowest BCUT2D eigenvalue weighted by atomic mass is 9.85. The van der Waals surface area contributed by atoms with Crippen LogP contribution in [0.25, 0.3) is 0 Å². The lowest BCUT2D eigenvalue weighted by molar-refractivity contribution is -0.125. The summed E-state index contributed by atoms with van der Waals surface area (Å²) in [5.41, 5.74) is 0. The molecule has 1 aliphatic rings. The topological polar surface area (TPSA) is 63.1 Å². The summed E-state index contributed by atoms with van der Waals surface area (Å²) >= 11 is 0. The average Bonchev–Trinajstić information content (AvgIpc) is 2.67. The third kappa shape index (κ3) is 3.00. The second-order valence-corrected chi connectivity index (χ2v) is 5.77. The van der Waals surface area contributed by atoms with Gasteiger partial charge in [0.15, 0.2) is 5.82 Å². The molecule has 1 heterocycles. The molecule has 1 fully saturated rings. The third-order valence-electron chi connectivity index (χ3n) is 4.20. The second kappa shape index (κ2) is 6.35. The fourth-order valence-corrected chi connectivity index (χ4v) is 2.62. The summed E-state index contributed by atoms with van der Waals surface area (Å²) in [5.74, 6) is 2.49. The number of nitrogens with one attached hydrogen (secondary N) is 1. The molecular weight excluding hydrogens is 254 g/mol. The van der Waals surface area contributed by atoms with Crippen molar-refractivity contribution in [3.63, 3.8) is 0 Å². The molecule has 1 aliphatic carbocycles. The molecule has 6 nitrogen and oxygen atoms in total. The number of hydrogen-bond donors (Lipinski definition) is 1. The van der Waals surface area contributed by atoms with Gasteiger partial charge in [-0.15, -0.1) is 10.2 Å². The van der Waals surface area contributed by atoms with Gasteiger partial charge in [-0.05, 0) is 33.4 Å². The van der Waals surface area contributed by atoms with Gasteiger partial charge in [-0.2, -0.15) is 0 Å². The molecule has 1 aromatic heterocycles. The Bertz CT molecular complexity index is 464. The molecule has 1 aromatic rings. The van der Waals surface area contributed by atoms with Gasteiger partial charge in [0, 0.05) is 13.0 Å². The van der Waals surface area contributed by atoms with Crippen molar-refractivity contribution in [2.45, 2.75) is 51.1 Å². The Labute approximate surface area is 120 Å². The molecule has 0 aliphatic heterocycles. The van der Waals surface area contributed by atoms with Crippen LogP contribution in [0.5, 0.6) is 0 Å². The Hall–Kier alpha value is -1.43. The minimum Gasteiger partial charge on any atom is -0.347 e. The van der Waals surface area contributed by atoms with E-state index in [1.54, 1.807) is 0 Å². The average molecular weight is 279 g/mol. The van der Waals surface area contributed by atoms with Gasteiger partial charge in [-0.3, -0.25) is 9.69 Å². The van der Waals surface area contributed by atoms with Gasteiger partial charge in [0.05, 0.1) is 12.6 Å². The van der Waals surface area contributed by atoms with Gasteiger partial charge in [0.1, 0.15) is 5.82 Å². The van der Waals surface area contributed by atoms with Gasteiger partial charge in [0.2, 0.25) is 5.91 Å². The molecule has 0 radical (unpaired) electrons. The van der Waals surface area contributed by atoms with E-state index in [0.717, 1.165) is 18.1 Å². The van der Waals surface area contributed by atoms with Crippen molar-refractivity contribution >= 4 is 5.91 Å². The Kier molecular flexibility index (Phi) is 4.75. The zero-order valence-electron chi connectivity index (χ0n) is 12.9. The summed E-state index contributed by atoms with van der Waals surface area (Å²) in [4.78, 5) is 14.0. The zero-order valence-corrected chi connectivity index (χ0v) is 12.9. The van der Waals surface area contributed by atoms with Crippen LogP contribution in [0.4, 0.5) is 0 Å². The molecule has 20 heavy (non-hydrogen) atoms. The van der Waals surface area contributed by atoms with Crippen LogP contribution in [0.2, 0.25) is 0 Å². The van der Waals surface area contributed by atoms with Crippen LogP contribution in [0.15, 0.2) is 0 Å². The molecule has 1 amide bonds. The maximum absolute atomic E-state index is 12.1. The van der Waals surface area contributed by atoms with Crippen molar-refractivity contribution in [1.82, 2.24) is 25.0 Å². The predicted molar refractivity (Wildman–Crippen MR) is 77.2 cm³/mol. The van der Waals surface area contributed by atoms with E-state index >= 15 is 0 Å². The monoisotopic (exact) mass is 279 g/mol. The third-order valence-corrected chi connectivity index (χ3v) is 4.20. The minimum absolute atomic E-state index is 0.0469. The Balaban J connectivity index is 1.93. The van der Waals surface area contributed by atoms with Gasteiger partial charge in [-0.25, -0.2) is 0 Å². The van der Waals surface area contributed by atoms with Crippen molar-refractivity contribution in [1.29, 1.82) is 0 Å². The van der Waals surface area contributed by atoms with E-state index in [1.165, 1.54) is 19.3 Å². The second-order valence-electron chi connectivity index (χ2n) is 5.77. The zero-order chi connectivity index (χ0) is 14.7. The summed E-state index contributed by atoms with van der Waals surface area (Å²) in [5, 5.41) is 11.4. The number of likely N-dealkylation sites (N-methyl/N-ethyl adjacent to an activating group) is 1. The molecule has 0 bridgehead atoms. The number of carbonyl (C=O) groups excluding carboxylic acids is 1. The van der Waals surface area contributed by atoms with Crippen molar-refractivity contribution in [2.75, 3.05) is 14.1 Å². The van der Waals surface area contributed by atoms with Gasteiger partial charge in [-0.1, -0.05) is 13.3 Å². The van der Waals surface area contributed by atoms with E-state index in [0.29, 0.717) is 12.5 Å². The SMILES string of the molecule is CC[C@H](C(=O)NCc1nnc(C2CCC2)n1C)N(C)C. The van der Waals surface area contributed by atoms with Crippen molar-refractivity contribution < 1.29 is 4.79 Å². The standard InChI is InChI=1S/C14H25N5O/c1-5-11(18(2)3)14(20)15-9-12-16-17-13(19(12)4)10-7-6-8-10/h10-11H,5-9H2,1-4H3,(H,15,20)/t11-/m1/s1. The molecule has 0 unspecified atom stereocenters. The maximum atomic E-state index is 12.1. The number of hydrogen-bond acceptors (Lipinski definition) is 4. The molecule has 6 heteroatoms. The largest absolute Gasteiger partial charge is 0.347 e. The van der Waals surface area contributed by atoms with Crippen LogP contribution >= 0.6 is 0 Å². The molecule has 1 N–H and O–H groups in total. The first-order chi connectivity index (χ1) is 9.54. The van der Waals surface area contributed by atoms with Crippen LogP contribution in [0.1, 0.15) is 50.2 Å². The van der Waals surface area contributed by atoms with E-state index in [9.17, 15) is 4.79 Å². The van der Waals surface area contributed by atoms with Gasteiger partial charge >= 0.3 is 0 Å². The van der Waals surface area contributed by atoms with Crippen molar-refractivity contribution in [3.8, 4) is 0 Å². The summed E-state index contributed by atoms with van der Waals surface area (Å²) in [6.07, 6.45) is 4.49. The lowest BCUT2D eigenvalue weighted by Gasteiger charge is -2.24. The van der Waals surface area contributed by atoms with Crippen LogP contribution in [0.3, 0.4) is 0 Å². The minimum atomic E-state index is -0.0886. The number of amides is 1. The van der Waals surface area contributed by atoms with E-state index in [2.05, 4.69) is 15.5 Å². The fraction of sp³-hybridized carbons (Fsp3) is 0.786. The van der Waals surface area contributed by atoms with Crippen LogP contribution < -0.4 is 5.32 Å². The normalized spacial score (nSPS) is 17.1. The first kappa shape index (κ1) is 15.0. The van der Waals surface area contributed by atoms with Gasteiger partial charge < -0.3 is 9.88 Å².